The number of carbonyl (C=O) groups is 3. The highest BCUT2D eigenvalue weighted by Crippen LogP contribution is 2.16. The fourth-order valence-electron chi connectivity index (χ4n) is 7.21. The van der Waals surface area contributed by atoms with Gasteiger partial charge in [-0.15, -0.1) is 0 Å². The van der Waals surface area contributed by atoms with Crippen LogP contribution in [0.25, 0.3) is 0 Å². The van der Waals surface area contributed by atoms with E-state index in [2.05, 4.69) is 20.8 Å². The Morgan fingerprint density at radius 2 is 0.500 bits per heavy atom. The first-order valence-corrected chi connectivity index (χ1v) is 24.0. The Balaban J connectivity index is 4.27. The third kappa shape index (κ3) is 41.6. The molecule has 0 radical (unpaired) electrons. The van der Waals surface area contributed by atoms with Crippen molar-refractivity contribution in [3.05, 3.63) is 0 Å². The number of carbonyl (C=O) groups excluding carboxylic acids is 3. The summed E-state index contributed by atoms with van der Waals surface area (Å²) in [4.78, 5) is 37.7. The second-order valence-electron chi connectivity index (χ2n) is 16.4. The van der Waals surface area contributed by atoms with E-state index in [4.69, 9.17) is 14.2 Å². The largest absolute Gasteiger partial charge is 0.462 e. The molecule has 0 N–H and O–H groups in total. The molecule has 0 rings (SSSR count). The molecule has 0 spiro atoms. The predicted octanol–water partition coefficient (Wildman–Crippen LogP) is 15.3. The molecule has 320 valence electrons. The van der Waals surface area contributed by atoms with Crippen LogP contribution in [0.5, 0.6) is 0 Å². The lowest BCUT2D eigenvalue weighted by Crippen LogP contribution is -2.30. The molecule has 1 atom stereocenters. The van der Waals surface area contributed by atoms with Gasteiger partial charge in [0.1, 0.15) is 13.2 Å². The minimum Gasteiger partial charge on any atom is -0.462 e. The van der Waals surface area contributed by atoms with Crippen LogP contribution in [0.4, 0.5) is 0 Å². The summed E-state index contributed by atoms with van der Waals surface area (Å²) >= 11 is 0. The maximum Gasteiger partial charge on any atom is 0.306 e. The third-order valence-electron chi connectivity index (χ3n) is 10.9. The summed E-state index contributed by atoms with van der Waals surface area (Å²) in [5.74, 6) is -0.850. The highest BCUT2D eigenvalue weighted by atomic mass is 16.6. The molecule has 0 bridgehead atoms. The molecule has 0 saturated carbocycles. The summed E-state index contributed by atoms with van der Waals surface area (Å²) in [5, 5.41) is 0. The lowest BCUT2D eigenvalue weighted by Gasteiger charge is -2.18. The van der Waals surface area contributed by atoms with Crippen LogP contribution in [0.3, 0.4) is 0 Å². The number of ether oxygens (including phenoxy) is 3. The smallest absolute Gasteiger partial charge is 0.306 e. The standard InChI is InChI=1S/C48H92O6/c1-4-7-10-13-16-19-21-23-24-25-27-29-32-35-38-41-47(50)53-44-45(43-52-46(49)40-37-34-31-28-18-15-12-9-6-3)54-48(51)42-39-36-33-30-26-22-20-17-14-11-8-5-2/h45H,4-44H2,1-3H3/t45-/m1/s1. The highest BCUT2D eigenvalue weighted by molar-refractivity contribution is 5.71. The Kier molecular flexibility index (Phi) is 42.8. The Bertz CT molecular complexity index is 798. The first-order chi connectivity index (χ1) is 26.5. The van der Waals surface area contributed by atoms with Crippen molar-refractivity contribution < 1.29 is 28.6 Å². The van der Waals surface area contributed by atoms with Crippen molar-refractivity contribution in [2.24, 2.45) is 0 Å². The number of esters is 3. The quantitative estimate of drug-likeness (QED) is 0.0349. The summed E-state index contributed by atoms with van der Waals surface area (Å²) in [6, 6.07) is 0. The topological polar surface area (TPSA) is 78.9 Å². The number of unbranched alkanes of at least 4 members (excludes halogenated alkanes) is 33. The van der Waals surface area contributed by atoms with Crippen molar-refractivity contribution in [1.29, 1.82) is 0 Å². The summed E-state index contributed by atoms with van der Waals surface area (Å²) in [6.45, 7) is 6.64. The van der Waals surface area contributed by atoms with Gasteiger partial charge in [-0.25, -0.2) is 0 Å². The second-order valence-corrected chi connectivity index (χ2v) is 16.4. The molecule has 0 heterocycles. The molecule has 0 aliphatic rings. The zero-order chi connectivity index (χ0) is 39.4. The summed E-state index contributed by atoms with van der Waals surface area (Å²) in [5.41, 5.74) is 0. The zero-order valence-corrected chi connectivity index (χ0v) is 36.5. The molecular weight excluding hydrogens is 673 g/mol. The van der Waals surface area contributed by atoms with E-state index < -0.39 is 6.10 Å². The van der Waals surface area contributed by atoms with Crippen LogP contribution >= 0.6 is 0 Å². The SMILES string of the molecule is CCCCCCCCCCCCCCCCCC(=O)OC[C@@H](COC(=O)CCCCCCCCCCC)OC(=O)CCCCCCCCCCCCCC. The van der Waals surface area contributed by atoms with Crippen LogP contribution in [0, 0.1) is 0 Å². The minimum atomic E-state index is -0.757. The van der Waals surface area contributed by atoms with Gasteiger partial charge in [0.05, 0.1) is 0 Å². The van der Waals surface area contributed by atoms with Crippen LogP contribution < -0.4 is 0 Å². The molecule has 0 aliphatic heterocycles. The lowest BCUT2D eigenvalue weighted by molar-refractivity contribution is -0.167. The number of rotatable bonds is 44. The first kappa shape index (κ1) is 52.4. The van der Waals surface area contributed by atoms with Crippen LogP contribution in [-0.2, 0) is 28.6 Å². The van der Waals surface area contributed by atoms with E-state index in [0.29, 0.717) is 19.3 Å². The predicted molar refractivity (Wildman–Crippen MR) is 229 cm³/mol. The van der Waals surface area contributed by atoms with Crippen LogP contribution in [-0.4, -0.2) is 37.2 Å². The van der Waals surface area contributed by atoms with Crippen LogP contribution in [0.1, 0.15) is 271 Å². The molecule has 0 fully saturated rings. The van der Waals surface area contributed by atoms with Gasteiger partial charge in [0, 0.05) is 19.3 Å². The molecule has 0 unspecified atom stereocenters. The average Bonchev–Trinajstić information content (AvgIpc) is 3.17. The monoisotopic (exact) mass is 765 g/mol. The molecule has 0 aromatic heterocycles. The molecule has 0 aliphatic carbocycles. The highest BCUT2D eigenvalue weighted by Gasteiger charge is 2.19. The average molecular weight is 765 g/mol. The van der Waals surface area contributed by atoms with Gasteiger partial charge in [-0.3, -0.25) is 14.4 Å². The van der Waals surface area contributed by atoms with Gasteiger partial charge < -0.3 is 14.2 Å². The fraction of sp³-hybridized carbons (Fsp3) is 0.938. The number of hydrogen-bond donors (Lipinski definition) is 0. The van der Waals surface area contributed by atoms with Gasteiger partial charge in [-0.05, 0) is 19.3 Å². The lowest BCUT2D eigenvalue weighted by atomic mass is 10.0. The van der Waals surface area contributed by atoms with Crippen LogP contribution in [0.15, 0.2) is 0 Å². The summed E-state index contributed by atoms with van der Waals surface area (Å²) < 4.78 is 16.7. The molecule has 54 heavy (non-hydrogen) atoms. The molecule has 0 aromatic rings. The number of hydrogen-bond acceptors (Lipinski definition) is 6. The Morgan fingerprint density at radius 3 is 0.741 bits per heavy atom. The van der Waals surface area contributed by atoms with E-state index in [0.717, 1.165) is 57.8 Å². The zero-order valence-electron chi connectivity index (χ0n) is 36.5. The van der Waals surface area contributed by atoms with Crippen molar-refractivity contribution in [3.8, 4) is 0 Å². The van der Waals surface area contributed by atoms with E-state index >= 15 is 0 Å². The maximum absolute atomic E-state index is 12.7. The van der Waals surface area contributed by atoms with Crippen molar-refractivity contribution in [3.63, 3.8) is 0 Å². The molecule has 0 amide bonds. The third-order valence-corrected chi connectivity index (χ3v) is 10.9. The normalized spacial score (nSPS) is 11.8. The van der Waals surface area contributed by atoms with Gasteiger partial charge in [0.25, 0.3) is 0 Å². The Morgan fingerprint density at radius 1 is 0.296 bits per heavy atom. The molecule has 6 nitrogen and oxygen atoms in total. The maximum atomic E-state index is 12.7. The van der Waals surface area contributed by atoms with Gasteiger partial charge in [-0.1, -0.05) is 233 Å². The Hall–Kier alpha value is -1.59. The minimum absolute atomic E-state index is 0.0624. The summed E-state index contributed by atoms with van der Waals surface area (Å²) in [7, 11) is 0. The first-order valence-electron chi connectivity index (χ1n) is 24.0. The van der Waals surface area contributed by atoms with Crippen LogP contribution in [0.2, 0.25) is 0 Å². The molecule has 0 saturated heterocycles. The second kappa shape index (κ2) is 44.1. The van der Waals surface area contributed by atoms with Crippen molar-refractivity contribution >= 4 is 17.9 Å². The van der Waals surface area contributed by atoms with Crippen molar-refractivity contribution in [2.75, 3.05) is 13.2 Å². The van der Waals surface area contributed by atoms with Crippen molar-refractivity contribution in [1.82, 2.24) is 0 Å². The van der Waals surface area contributed by atoms with Gasteiger partial charge in [0.15, 0.2) is 6.10 Å². The fourth-order valence-corrected chi connectivity index (χ4v) is 7.21. The van der Waals surface area contributed by atoms with Gasteiger partial charge in [-0.2, -0.15) is 0 Å². The summed E-state index contributed by atoms with van der Waals surface area (Å²) in [6.07, 6.45) is 45.1. The van der Waals surface area contributed by atoms with Gasteiger partial charge in [0.2, 0.25) is 0 Å². The Labute approximate surface area is 336 Å². The van der Waals surface area contributed by atoms with E-state index in [-0.39, 0.29) is 31.1 Å². The van der Waals surface area contributed by atoms with E-state index in [9.17, 15) is 14.4 Å². The van der Waals surface area contributed by atoms with Crippen molar-refractivity contribution in [2.45, 2.75) is 277 Å². The van der Waals surface area contributed by atoms with E-state index in [1.807, 2.05) is 0 Å². The van der Waals surface area contributed by atoms with Gasteiger partial charge >= 0.3 is 17.9 Å². The van der Waals surface area contributed by atoms with E-state index in [1.54, 1.807) is 0 Å². The molecule has 0 aromatic carbocycles. The van der Waals surface area contributed by atoms with E-state index in [1.165, 1.54) is 173 Å². The molecule has 6 heteroatoms. The molecular formula is C48H92O6.